The Kier molecular flexibility index (Phi) is 2.23. The van der Waals surface area contributed by atoms with Gasteiger partial charge in [0.15, 0.2) is 0 Å². The lowest BCUT2D eigenvalue weighted by Crippen LogP contribution is -2.00. The molecule has 0 aromatic heterocycles. The lowest BCUT2D eigenvalue weighted by molar-refractivity contribution is -0.0130. The van der Waals surface area contributed by atoms with Crippen LogP contribution in [0.1, 0.15) is 13.8 Å². The van der Waals surface area contributed by atoms with E-state index in [0.29, 0.717) is 12.1 Å². The molecule has 2 fully saturated rings. The molecule has 0 N–H and O–H groups in total. The van der Waals surface area contributed by atoms with Crippen LogP contribution in [0.5, 0.6) is 0 Å². The lowest BCUT2D eigenvalue weighted by Gasteiger charge is -2.04. The van der Waals surface area contributed by atoms with Crippen LogP contribution in [-0.4, -0.2) is 35.3 Å². The third kappa shape index (κ3) is 2.06. The normalized spacial score (nSPS) is 47.2. The van der Waals surface area contributed by atoms with Gasteiger partial charge in [-0.05, 0) is 13.8 Å². The summed E-state index contributed by atoms with van der Waals surface area (Å²) in [5.74, 6) is 0. The molecule has 5 nitrogen and oxygen atoms in total. The Labute approximate surface area is 72.1 Å². The summed E-state index contributed by atoms with van der Waals surface area (Å²) in [6.07, 6.45) is 0. The van der Waals surface area contributed by atoms with E-state index >= 15 is 0 Å². The molecule has 0 spiro atoms. The lowest BCUT2D eigenvalue weighted by atomic mass is 10.6. The van der Waals surface area contributed by atoms with Gasteiger partial charge in [0.05, 0.1) is 0 Å². The molecule has 2 unspecified atom stereocenters. The molecule has 2 saturated heterocycles. The van der Waals surface area contributed by atoms with Gasteiger partial charge >= 0.3 is 8.25 Å². The standard InChI is InChI=1S/C6H13N2O3P/c1-5-3-7(5)10-12(9)11-8-4-6(8)2/h5-6,12H,3-4H2,1-2H3/t5-,6-,7?,8?/m0/s1. The minimum atomic E-state index is -2.33. The van der Waals surface area contributed by atoms with Crippen molar-refractivity contribution in [3.8, 4) is 0 Å². The Morgan fingerprint density at radius 1 is 1.17 bits per heavy atom. The molecular weight excluding hydrogens is 179 g/mol. The Bertz CT molecular complexity index is 193. The fraction of sp³-hybridized carbons (Fsp3) is 1.00. The van der Waals surface area contributed by atoms with Crippen LogP contribution in [0.15, 0.2) is 0 Å². The number of rotatable bonds is 4. The fourth-order valence-electron chi connectivity index (χ4n) is 0.889. The number of nitrogens with zero attached hydrogens (tertiary/aromatic N) is 2. The highest BCUT2D eigenvalue weighted by molar-refractivity contribution is 7.33. The average molecular weight is 192 g/mol. The molecule has 2 aliphatic rings. The second-order valence-corrected chi connectivity index (χ2v) is 4.20. The van der Waals surface area contributed by atoms with Gasteiger partial charge in [-0.2, -0.15) is 10.1 Å². The van der Waals surface area contributed by atoms with E-state index in [9.17, 15) is 4.57 Å². The van der Waals surface area contributed by atoms with Crippen LogP contribution >= 0.6 is 8.25 Å². The zero-order valence-corrected chi connectivity index (χ0v) is 8.19. The molecule has 2 aliphatic heterocycles. The summed E-state index contributed by atoms with van der Waals surface area (Å²) in [4.78, 5) is 0. The van der Waals surface area contributed by atoms with Gasteiger partial charge in [0.1, 0.15) is 0 Å². The first-order chi connectivity index (χ1) is 5.66. The van der Waals surface area contributed by atoms with Gasteiger partial charge in [-0.3, -0.25) is 4.57 Å². The summed E-state index contributed by atoms with van der Waals surface area (Å²) in [6, 6.07) is 0.795. The molecule has 0 amide bonds. The van der Waals surface area contributed by atoms with Crippen LogP contribution in [-0.2, 0) is 13.8 Å². The number of hydrogen-bond acceptors (Lipinski definition) is 5. The van der Waals surface area contributed by atoms with Crippen molar-refractivity contribution in [1.82, 2.24) is 10.1 Å². The summed E-state index contributed by atoms with van der Waals surface area (Å²) in [5.41, 5.74) is 0. The predicted octanol–water partition coefficient (Wildman–Crippen LogP) is 0.647. The first-order valence-electron chi connectivity index (χ1n) is 4.10. The van der Waals surface area contributed by atoms with E-state index in [1.54, 1.807) is 10.1 Å². The monoisotopic (exact) mass is 192 g/mol. The third-order valence-electron chi connectivity index (χ3n) is 1.99. The van der Waals surface area contributed by atoms with Crippen LogP contribution in [0.3, 0.4) is 0 Å². The predicted molar refractivity (Wildman–Crippen MR) is 43.5 cm³/mol. The molecule has 0 bridgehead atoms. The maximum Gasteiger partial charge on any atom is 0.352 e. The number of hydroxylamine groups is 4. The van der Waals surface area contributed by atoms with E-state index in [-0.39, 0.29) is 0 Å². The SMILES string of the molecule is C[C@H]1CN1O[PH](=O)ON1C[C@@H]1C. The van der Waals surface area contributed by atoms with Crippen LogP contribution in [0.2, 0.25) is 0 Å². The average Bonchev–Trinajstić information content (AvgIpc) is 2.80. The first kappa shape index (κ1) is 8.66. The Hall–Kier alpha value is 0.0700. The van der Waals surface area contributed by atoms with Crippen molar-refractivity contribution in [3.05, 3.63) is 0 Å². The molecule has 0 saturated carbocycles. The summed E-state index contributed by atoms with van der Waals surface area (Å²) in [7, 11) is -2.33. The van der Waals surface area contributed by atoms with E-state index in [1.807, 2.05) is 13.8 Å². The molecule has 0 aromatic carbocycles. The van der Waals surface area contributed by atoms with Crippen molar-refractivity contribution >= 4 is 8.25 Å². The second-order valence-electron chi connectivity index (χ2n) is 3.33. The van der Waals surface area contributed by atoms with E-state index in [4.69, 9.17) is 9.25 Å². The molecule has 12 heavy (non-hydrogen) atoms. The van der Waals surface area contributed by atoms with E-state index in [0.717, 1.165) is 13.1 Å². The third-order valence-corrected chi connectivity index (χ3v) is 2.76. The minimum Gasteiger partial charge on any atom is -0.260 e. The maximum atomic E-state index is 11.1. The van der Waals surface area contributed by atoms with Crippen LogP contribution in [0.25, 0.3) is 0 Å². The smallest absolute Gasteiger partial charge is 0.260 e. The highest BCUT2D eigenvalue weighted by Gasteiger charge is 2.36. The van der Waals surface area contributed by atoms with Crippen LogP contribution in [0.4, 0.5) is 0 Å². The van der Waals surface area contributed by atoms with Gasteiger partial charge in [0.25, 0.3) is 0 Å². The van der Waals surface area contributed by atoms with Gasteiger partial charge < -0.3 is 0 Å². The fourth-order valence-corrected chi connectivity index (χ4v) is 1.81. The highest BCUT2D eigenvalue weighted by atomic mass is 31.1. The van der Waals surface area contributed by atoms with Crippen molar-refractivity contribution in [1.29, 1.82) is 0 Å². The summed E-state index contributed by atoms with van der Waals surface area (Å²) < 4.78 is 21.1. The molecule has 0 aromatic rings. The van der Waals surface area contributed by atoms with Gasteiger partial charge in [0.2, 0.25) is 0 Å². The van der Waals surface area contributed by atoms with Crippen LogP contribution < -0.4 is 0 Å². The minimum absolute atomic E-state index is 0.397. The molecule has 0 aliphatic carbocycles. The van der Waals surface area contributed by atoms with Crippen molar-refractivity contribution in [2.75, 3.05) is 13.1 Å². The molecular formula is C6H13N2O3P. The Morgan fingerprint density at radius 2 is 1.50 bits per heavy atom. The number of hydrogen-bond donors (Lipinski definition) is 0. The van der Waals surface area contributed by atoms with E-state index in [2.05, 4.69) is 0 Å². The summed E-state index contributed by atoms with van der Waals surface area (Å²) in [6.45, 7) is 5.73. The Morgan fingerprint density at radius 3 is 1.75 bits per heavy atom. The van der Waals surface area contributed by atoms with Crippen molar-refractivity contribution in [2.45, 2.75) is 25.9 Å². The Balaban J connectivity index is 1.64. The largest absolute Gasteiger partial charge is 0.352 e. The summed E-state index contributed by atoms with van der Waals surface area (Å²) in [5, 5.41) is 3.32. The van der Waals surface area contributed by atoms with Gasteiger partial charge in [-0.1, -0.05) is 0 Å². The molecule has 70 valence electrons. The summed E-state index contributed by atoms with van der Waals surface area (Å²) >= 11 is 0. The molecule has 0 radical (unpaired) electrons. The molecule has 2 rings (SSSR count). The van der Waals surface area contributed by atoms with Gasteiger partial charge in [0, 0.05) is 25.2 Å². The van der Waals surface area contributed by atoms with Gasteiger partial charge in [-0.15, -0.1) is 0 Å². The first-order valence-corrected chi connectivity index (χ1v) is 5.32. The second kappa shape index (κ2) is 3.09. The highest BCUT2D eigenvalue weighted by Crippen LogP contribution is 2.36. The van der Waals surface area contributed by atoms with Crippen molar-refractivity contribution < 1.29 is 13.8 Å². The maximum absolute atomic E-state index is 11.1. The van der Waals surface area contributed by atoms with E-state index in [1.165, 1.54) is 0 Å². The van der Waals surface area contributed by atoms with Crippen molar-refractivity contribution in [2.24, 2.45) is 0 Å². The van der Waals surface area contributed by atoms with Gasteiger partial charge in [-0.25, -0.2) is 9.25 Å². The zero-order chi connectivity index (χ0) is 8.72. The van der Waals surface area contributed by atoms with Crippen molar-refractivity contribution in [3.63, 3.8) is 0 Å². The van der Waals surface area contributed by atoms with E-state index < -0.39 is 8.25 Å². The van der Waals surface area contributed by atoms with Crippen LogP contribution in [0, 0.1) is 0 Å². The molecule has 4 atom stereocenters. The molecule has 6 heteroatoms. The topological polar surface area (TPSA) is 41.6 Å². The zero-order valence-electron chi connectivity index (χ0n) is 7.19. The molecule has 2 heterocycles. The quantitative estimate of drug-likeness (QED) is 0.483.